The van der Waals surface area contributed by atoms with Crippen LogP contribution < -0.4 is 0 Å². The molecular formula is C4H9ClO3. The maximum atomic E-state index is 9.44. The molecule has 0 aromatic rings. The topological polar surface area (TPSA) is 54.4 Å². The van der Waals surface area contributed by atoms with Crippen LogP contribution >= 0.6 is 12.4 Å². The molecule has 0 aliphatic rings. The molecule has 0 atom stereocenters. The lowest BCUT2D eigenvalue weighted by atomic mass is 10.6. The smallest absolute Gasteiger partial charge is 0.290 e. The first kappa shape index (κ1) is 15.7. The number of carbonyl (C=O) groups excluding carboxylic acids is 1. The Morgan fingerprint density at radius 1 is 1.50 bits per heavy atom. The van der Waals surface area contributed by atoms with E-state index >= 15 is 0 Å². The minimum absolute atomic E-state index is 0. The van der Waals surface area contributed by atoms with Crippen molar-refractivity contribution in [2.24, 2.45) is 0 Å². The zero-order valence-electron chi connectivity index (χ0n) is 4.75. The summed E-state index contributed by atoms with van der Waals surface area (Å²) in [7, 11) is 0. The lowest BCUT2D eigenvalue weighted by Crippen LogP contribution is -1.69. The summed E-state index contributed by atoms with van der Waals surface area (Å²) in [6.07, 6.45) is 0. The molecule has 50 valence electrons. The number of ketones is 1. The number of hydrogen-bond acceptors (Lipinski definition) is 2. The molecular weight excluding hydrogens is 131 g/mol. The summed E-state index contributed by atoms with van der Waals surface area (Å²) in [6.45, 7) is 2.81. The molecule has 8 heavy (non-hydrogen) atoms. The fraction of sp³-hybridized carbons (Fsp3) is 0.500. The highest BCUT2D eigenvalue weighted by molar-refractivity contribution is 5.85. The summed E-state index contributed by atoms with van der Waals surface area (Å²) in [5.74, 6) is 0.167. The van der Waals surface area contributed by atoms with Crippen molar-refractivity contribution in [1.29, 1.82) is 0 Å². The summed E-state index contributed by atoms with van der Waals surface area (Å²) in [4.78, 5) is 17.8. The van der Waals surface area contributed by atoms with Crippen molar-refractivity contribution >= 4 is 24.7 Å². The van der Waals surface area contributed by atoms with Gasteiger partial charge in [-0.2, -0.15) is 0 Å². The molecule has 0 bridgehead atoms. The highest BCUT2D eigenvalue weighted by atomic mass is 35.5. The van der Waals surface area contributed by atoms with Crippen LogP contribution in [0.4, 0.5) is 0 Å². The minimum Gasteiger partial charge on any atom is -0.483 e. The number of carbonyl (C=O) groups is 2. The van der Waals surface area contributed by atoms with Gasteiger partial charge in [-0.3, -0.25) is 4.79 Å². The van der Waals surface area contributed by atoms with Gasteiger partial charge >= 0.3 is 0 Å². The standard InChI is InChI=1S/C3H6O.CH2O2.ClH/c1-3(2)4;2-1-3;/h1-2H3;1H,(H,2,3);1H. The number of halogens is 1. The maximum absolute atomic E-state index is 9.44. The van der Waals surface area contributed by atoms with Gasteiger partial charge in [-0.25, -0.2) is 0 Å². The van der Waals surface area contributed by atoms with E-state index in [9.17, 15) is 4.79 Å². The molecule has 3 nitrogen and oxygen atoms in total. The molecule has 0 fully saturated rings. The summed E-state index contributed by atoms with van der Waals surface area (Å²) in [5, 5.41) is 6.89. The maximum Gasteiger partial charge on any atom is 0.290 e. The summed E-state index contributed by atoms with van der Waals surface area (Å²) < 4.78 is 0. The number of carboxylic acid groups (broad SMARTS) is 1. The zero-order chi connectivity index (χ0) is 6.28. The van der Waals surface area contributed by atoms with Crippen LogP contribution in [0.15, 0.2) is 0 Å². The monoisotopic (exact) mass is 140 g/mol. The molecule has 0 saturated carbocycles. The molecule has 0 aromatic heterocycles. The van der Waals surface area contributed by atoms with Gasteiger partial charge in [0.25, 0.3) is 6.47 Å². The average molecular weight is 141 g/mol. The van der Waals surface area contributed by atoms with Crippen LogP contribution in [0.5, 0.6) is 0 Å². The fourth-order valence-electron chi connectivity index (χ4n) is 0. The third kappa shape index (κ3) is 328. The van der Waals surface area contributed by atoms with Gasteiger partial charge in [-0.1, -0.05) is 0 Å². The Kier molecular flexibility index (Phi) is 31.5. The molecule has 0 unspecified atom stereocenters. The summed E-state index contributed by atoms with van der Waals surface area (Å²) >= 11 is 0. The first-order valence-corrected chi connectivity index (χ1v) is 1.70. The van der Waals surface area contributed by atoms with E-state index in [4.69, 9.17) is 9.90 Å². The Hall–Kier alpha value is -0.570. The van der Waals surface area contributed by atoms with E-state index in [1.807, 2.05) is 0 Å². The Morgan fingerprint density at radius 2 is 1.50 bits per heavy atom. The van der Waals surface area contributed by atoms with Crippen LogP contribution in [0.2, 0.25) is 0 Å². The Morgan fingerprint density at radius 3 is 1.50 bits per heavy atom. The van der Waals surface area contributed by atoms with Crippen molar-refractivity contribution in [3.8, 4) is 0 Å². The highest BCUT2D eigenvalue weighted by Crippen LogP contribution is 1.50. The number of rotatable bonds is 0. The second kappa shape index (κ2) is 16.1. The second-order valence-electron chi connectivity index (χ2n) is 1.01. The zero-order valence-corrected chi connectivity index (χ0v) is 5.57. The second-order valence-corrected chi connectivity index (χ2v) is 1.01. The first-order valence-electron chi connectivity index (χ1n) is 1.70. The Bertz CT molecular complexity index is 58.3. The van der Waals surface area contributed by atoms with Gasteiger partial charge in [0, 0.05) is 0 Å². The highest BCUT2D eigenvalue weighted by Gasteiger charge is 1.62. The molecule has 0 rings (SSSR count). The van der Waals surface area contributed by atoms with Crippen LogP contribution in [0, 0.1) is 0 Å². The predicted octanol–water partition coefficient (Wildman–Crippen LogP) is 0.718. The molecule has 0 saturated heterocycles. The first-order chi connectivity index (χ1) is 3.15. The SMILES string of the molecule is CC(C)=O.Cl.O=CO. The predicted molar refractivity (Wildman–Crippen MR) is 32.3 cm³/mol. The van der Waals surface area contributed by atoms with E-state index in [0.29, 0.717) is 0 Å². The fourth-order valence-corrected chi connectivity index (χ4v) is 0. The normalized spacial score (nSPS) is 4.75. The van der Waals surface area contributed by atoms with E-state index in [0.717, 1.165) is 0 Å². The van der Waals surface area contributed by atoms with Gasteiger partial charge in [0.1, 0.15) is 5.78 Å². The third-order valence-electron chi connectivity index (χ3n) is 0. The summed E-state index contributed by atoms with van der Waals surface area (Å²) in [6, 6.07) is 0. The lowest BCUT2D eigenvalue weighted by Gasteiger charge is -1.56. The minimum atomic E-state index is -0.250. The molecule has 4 heteroatoms. The van der Waals surface area contributed by atoms with E-state index in [-0.39, 0.29) is 24.7 Å². The van der Waals surface area contributed by atoms with Crippen molar-refractivity contribution in [2.75, 3.05) is 0 Å². The molecule has 0 aliphatic heterocycles. The molecule has 0 spiro atoms. The lowest BCUT2D eigenvalue weighted by molar-refractivity contribution is -0.123. The van der Waals surface area contributed by atoms with E-state index < -0.39 is 0 Å². The molecule has 0 amide bonds. The summed E-state index contributed by atoms with van der Waals surface area (Å²) in [5.41, 5.74) is 0. The van der Waals surface area contributed by atoms with Gasteiger partial charge < -0.3 is 9.90 Å². The Balaban J connectivity index is -0.0000000575. The Labute approximate surface area is 54.1 Å². The van der Waals surface area contributed by atoms with Crippen LogP contribution in [0.25, 0.3) is 0 Å². The van der Waals surface area contributed by atoms with Crippen molar-refractivity contribution in [3.63, 3.8) is 0 Å². The van der Waals surface area contributed by atoms with E-state index in [1.165, 1.54) is 13.8 Å². The van der Waals surface area contributed by atoms with Crippen molar-refractivity contribution in [2.45, 2.75) is 13.8 Å². The van der Waals surface area contributed by atoms with Crippen molar-refractivity contribution in [1.82, 2.24) is 0 Å². The van der Waals surface area contributed by atoms with Crippen LogP contribution in [-0.4, -0.2) is 17.4 Å². The van der Waals surface area contributed by atoms with E-state index in [1.54, 1.807) is 0 Å². The molecule has 1 N–H and O–H groups in total. The molecule has 0 radical (unpaired) electrons. The quantitative estimate of drug-likeness (QED) is 0.505. The number of hydrogen-bond donors (Lipinski definition) is 1. The van der Waals surface area contributed by atoms with Crippen molar-refractivity contribution < 1.29 is 14.7 Å². The van der Waals surface area contributed by atoms with Gasteiger partial charge in [-0.05, 0) is 13.8 Å². The molecule has 0 aliphatic carbocycles. The van der Waals surface area contributed by atoms with Gasteiger partial charge in [0.05, 0.1) is 0 Å². The van der Waals surface area contributed by atoms with Gasteiger partial charge in [0.15, 0.2) is 0 Å². The van der Waals surface area contributed by atoms with Gasteiger partial charge in [0.2, 0.25) is 0 Å². The molecule has 0 heterocycles. The molecule has 0 aromatic carbocycles. The van der Waals surface area contributed by atoms with Gasteiger partial charge in [-0.15, -0.1) is 12.4 Å². The largest absolute Gasteiger partial charge is 0.483 e. The number of Topliss-reactive ketones (excluding diaryl/α,β-unsaturated/α-hetero) is 1. The van der Waals surface area contributed by atoms with E-state index in [2.05, 4.69) is 0 Å². The average Bonchev–Trinajstić information content (AvgIpc) is 1.33. The third-order valence-corrected chi connectivity index (χ3v) is 0. The van der Waals surface area contributed by atoms with Crippen LogP contribution in [0.3, 0.4) is 0 Å². The van der Waals surface area contributed by atoms with Crippen molar-refractivity contribution in [3.05, 3.63) is 0 Å². The van der Waals surface area contributed by atoms with Crippen LogP contribution in [0.1, 0.15) is 13.8 Å². The van der Waals surface area contributed by atoms with Crippen LogP contribution in [-0.2, 0) is 9.59 Å².